The molecule has 5 heteroatoms. The SMILES string of the molecule is COC(C(=O)Nc1ccc(C)c(Cl)c1)[C@H](N)CC1CCCCC1. The standard InChI is InChI=1S/C18H27ClN2O2/c1-12-8-9-14(11-15(12)19)21-18(22)17(23-2)16(20)10-13-6-4-3-5-7-13/h8-9,11,13,16-17H,3-7,10,20H2,1-2H3,(H,21,22)/t16-,17?/m1/s1. The second-order valence-corrected chi connectivity index (χ2v) is 6.92. The van der Waals surface area contributed by atoms with Gasteiger partial charge in [-0.25, -0.2) is 0 Å². The van der Waals surface area contributed by atoms with Crippen molar-refractivity contribution in [3.8, 4) is 0 Å². The molecule has 1 unspecified atom stereocenters. The Bertz CT molecular complexity index is 530. The lowest BCUT2D eigenvalue weighted by atomic mass is 9.84. The third-order valence-corrected chi connectivity index (χ3v) is 5.08. The molecule has 0 saturated heterocycles. The second-order valence-electron chi connectivity index (χ2n) is 6.51. The van der Waals surface area contributed by atoms with E-state index in [9.17, 15) is 4.79 Å². The van der Waals surface area contributed by atoms with Crippen LogP contribution in [0.3, 0.4) is 0 Å². The van der Waals surface area contributed by atoms with Gasteiger partial charge in [-0.05, 0) is 37.0 Å². The molecule has 1 aliphatic carbocycles. The molecule has 4 nitrogen and oxygen atoms in total. The molecular weight excluding hydrogens is 312 g/mol. The summed E-state index contributed by atoms with van der Waals surface area (Å²) in [4.78, 5) is 12.5. The summed E-state index contributed by atoms with van der Waals surface area (Å²) < 4.78 is 5.37. The number of ether oxygens (including phenoxy) is 1. The van der Waals surface area contributed by atoms with E-state index in [0.717, 1.165) is 12.0 Å². The van der Waals surface area contributed by atoms with Crippen LogP contribution >= 0.6 is 11.6 Å². The number of nitrogens with one attached hydrogen (secondary N) is 1. The molecule has 0 aliphatic heterocycles. The molecule has 1 amide bonds. The number of carbonyl (C=O) groups is 1. The van der Waals surface area contributed by atoms with Gasteiger partial charge < -0.3 is 15.8 Å². The van der Waals surface area contributed by atoms with Gasteiger partial charge >= 0.3 is 0 Å². The molecule has 128 valence electrons. The number of benzene rings is 1. The van der Waals surface area contributed by atoms with Crippen LogP contribution in [-0.2, 0) is 9.53 Å². The molecule has 1 aromatic carbocycles. The average Bonchev–Trinajstić information content (AvgIpc) is 2.52. The molecular formula is C18H27ClN2O2. The molecule has 1 aromatic rings. The zero-order valence-corrected chi connectivity index (χ0v) is 14.7. The minimum absolute atomic E-state index is 0.212. The van der Waals surface area contributed by atoms with Crippen molar-refractivity contribution in [3.05, 3.63) is 28.8 Å². The fraction of sp³-hybridized carbons (Fsp3) is 0.611. The molecule has 0 bridgehead atoms. The number of anilines is 1. The zero-order chi connectivity index (χ0) is 16.8. The number of halogens is 1. The molecule has 2 rings (SSSR count). The molecule has 0 aromatic heterocycles. The van der Waals surface area contributed by atoms with Gasteiger partial charge in [0.25, 0.3) is 5.91 Å². The van der Waals surface area contributed by atoms with Gasteiger partial charge in [-0.15, -0.1) is 0 Å². The van der Waals surface area contributed by atoms with Crippen LogP contribution in [0.25, 0.3) is 0 Å². The highest BCUT2D eigenvalue weighted by Crippen LogP contribution is 2.28. The third-order valence-electron chi connectivity index (χ3n) is 4.67. The molecule has 1 saturated carbocycles. The van der Waals surface area contributed by atoms with Crippen molar-refractivity contribution in [1.29, 1.82) is 0 Å². The summed E-state index contributed by atoms with van der Waals surface area (Å²) in [5.41, 5.74) is 7.89. The van der Waals surface area contributed by atoms with E-state index in [0.29, 0.717) is 16.6 Å². The molecule has 2 atom stereocenters. The third kappa shape index (κ3) is 5.20. The van der Waals surface area contributed by atoms with Gasteiger partial charge in [0, 0.05) is 23.9 Å². The van der Waals surface area contributed by atoms with E-state index in [2.05, 4.69) is 5.32 Å². The predicted molar refractivity (Wildman–Crippen MR) is 94.8 cm³/mol. The van der Waals surface area contributed by atoms with Crippen molar-refractivity contribution in [2.45, 2.75) is 57.6 Å². The van der Waals surface area contributed by atoms with Gasteiger partial charge in [-0.2, -0.15) is 0 Å². The Labute approximate surface area is 143 Å². The Kier molecular flexibility index (Phi) is 6.88. The lowest BCUT2D eigenvalue weighted by Gasteiger charge is -2.28. The number of aryl methyl sites for hydroxylation is 1. The highest BCUT2D eigenvalue weighted by atomic mass is 35.5. The van der Waals surface area contributed by atoms with E-state index < -0.39 is 6.10 Å². The fourth-order valence-corrected chi connectivity index (χ4v) is 3.47. The van der Waals surface area contributed by atoms with Gasteiger partial charge in [0.1, 0.15) is 0 Å². The number of rotatable bonds is 6. The van der Waals surface area contributed by atoms with E-state index in [1.807, 2.05) is 19.1 Å². The van der Waals surface area contributed by atoms with Crippen molar-refractivity contribution in [1.82, 2.24) is 0 Å². The average molecular weight is 339 g/mol. The van der Waals surface area contributed by atoms with Crippen molar-refractivity contribution in [2.75, 3.05) is 12.4 Å². The summed E-state index contributed by atoms with van der Waals surface area (Å²) in [6.45, 7) is 1.92. The minimum atomic E-state index is -0.642. The van der Waals surface area contributed by atoms with Gasteiger partial charge in [0.15, 0.2) is 6.10 Å². The minimum Gasteiger partial charge on any atom is -0.370 e. The van der Waals surface area contributed by atoms with Gasteiger partial charge in [0.05, 0.1) is 0 Å². The van der Waals surface area contributed by atoms with Crippen LogP contribution in [0.1, 0.15) is 44.1 Å². The van der Waals surface area contributed by atoms with Crippen LogP contribution in [0.15, 0.2) is 18.2 Å². The number of hydrogen-bond donors (Lipinski definition) is 2. The van der Waals surface area contributed by atoms with Gasteiger partial charge in [-0.3, -0.25) is 4.79 Å². The topological polar surface area (TPSA) is 64.3 Å². The first-order valence-corrected chi connectivity index (χ1v) is 8.74. The Morgan fingerprint density at radius 1 is 1.39 bits per heavy atom. The number of amides is 1. The van der Waals surface area contributed by atoms with Crippen molar-refractivity contribution < 1.29 is 9.53 Å². The van der Waals surface area contributed by atoms with E-state index in [-0.39, 0.29) is 11.9 Å². The van der Waals surface area contributed by atoms with E-state index in [4.69, 9.17) is 22.1 Å². The lowest BCUT2D eigenvalue weighted by molar-refractivity contribution is -0.127. The maximum atomic E-state index is 12.5. The summed E-state index contributed by atoms with van der Waals surface area (Å²) >= 11 is 6.09. The zero-order valence-electron chi connectivity index (χ0n) is 14.0. The number of methoxy groups -OCH3 is 1. The summed E-state index contributed by atoms with van der Waals surface area (Å²) in [7, 11) is 1.53. The Morgan fingerprint density at radius 3 is 2.70 bits per heavy atom. The predicted octanol–water partition coefficient (Wildman–Crippen LogP) is 3.90. The quantitative estimate of drug-likeness (QED) is 0.826. The summed E-state index contributed by atoms with van der Waals surface area (Å²) in [6, 6.07) is 5.16. The largest absolute Gasteiger partial charge is 0.370 e. The summed E-state index contributed by atoms with van der Waals surface area (Å²) in [5, 5.41) is 3.48. The van der Waals surface area contributed by atoms with Crippen molar-refractivity contribution in [2.24, 2.45) is 11.7 Å². The van der Waals surface area contributed by atoms with Crippen LogP contribution in [0, 0.1) is 12.8 Å². The highest BCUT2D eigenvalue weighted by Gasteiger charge is 2.28. The number of hydrogen-bond acceptors (Lipinski definition) is 3. The van der Waals surface area contributed by atoms with Crippen LogP contribution < -0.4 is 11.1 Å². The molecule has 1 aliphatic rings. The number of nitrogens with two attached hydrogens (primary N) is 1. The lowest BCUT2D eigenvalue weighted by Crippen LogP contribution is -2.45. The Morgan fingerprint density at radius 2 is 2.09 bits per heavy atom. The molecule has 23 heavy (non-hydrogen) atoms. The van der Waals surface area contributed by atoms with Crippen LogP contribution in [0.5, 0.6) is 0 Å². The second kappa shape index (κ2) is 8.67. The summed E-state index contributed by atoms with van der Waals surface area (Å²) in [6.07, 6.45) is 6.46. The monoisotopic (exact) mass is 338 g/mol. The fourth-order valence-electron chi connectivity index (χ4n) is 3.29. The maximum absolute atomic E-state index is 12.5. The molecule has 0 spiro atoms. The smallest absolute Gasteiger partial charge is 0.255 e. The van der Waals surface area contributed by atoms with Crippen molar-refractivity contribution >= 4 is 23.2 Å². The molecule has 0 radical (unpaired) electrons. The van der Waals surface area contributed by atoms with Crippen LogP contribution in [0.4, 0.5) is 5.69 Å². The Hall–Kier alpha value is -1.10. The molecule has 3 N–H and O–H groups in total. The van der Waals surface area contributed by atoms with Gasteiger partial charge in [0.2, 0.25) is 0 Å². The molecule has 0 heterocycles. The first-order chi connectivity index (χ1) is 11.0. The highest BCUT2D eigenvalue weighted by molar-refractivity contribution is 6.31. The van der Waals surface area contributed by atoms with Crippen LogP contribution in [0.2, 0.25) is 5.02 Å². The first-order valence-electron chi connectivity index (χ1n) is 8.36. The van der Waals surface area contributed by atoms with Gasteiger partial charge in [-0.1, -0.05) is 49.8 Å². The Balaban J connectivity index is 1.95. The molecule has 1 fully saturated rings. The first kappa shape index (κ1) is 18.2. The normalized spacial score (nSPS) is 18.4. The van der Waals surface area contributed by atoms with Crippen molar-refractivity contribution in [3.63, 3.8) is 0 Å². The van der Waals surface area contributed by atoms with E-state index >= 15 is 0 Å². The van der Waals surface area contributed by atoms with E-state index in [1.54, 1.807) is 6.07 Å². The maximum Gasteiger partial charge on any atom is 0.255 e. The number of carbonyl (C=O) groups excluding carboxylic acids is 1. The summed E-state index contributed by atoms with van der Waals surface area (Å²) in [5.74, 6) is 0.397. The van der Waals surface area contributed by atoms with E-state index in [1.165, 1.54) is 39.2 Å². The van der Waals surface area contributed by atoms with Crippen LogP contribution in [-0.4, -0.2) is 25.2 Å².